The van der Waals surface area contributed by atoms with Crippen molar-refractivity contribution in [3.05, 3.63) is 35.9 Å². The Morgan fingerprint density at radius 1 is 1.39 bits per heavy atom. The fraction of sp³-hybridized carbons (Fsp3) is 0.400. The third kappa shape index (κ3) is 2.98. The molecule has 4 rings (SSSR count). The van der Waals surface area contributed by atoms with Crippen molar-refractivity contribution >= 4 is 17.0 Å². The fourth-order valence-electron chi connectivity index (χ4n) is 3.74. The van der Waals surface area contributed by atoms with E-state index in [4.69, 9.17) is 9.47 Å². The quantitative estimate of drug-likeness (QED) is 0.723. The van der Waals surface area contributed by atoms with Crippen LogP contribution >= 0.6 is 0 Å². The molecule has 0 aliphatic carbocycles. The van der Waals surface area contributed by atoms with Gasteiger partial charge in [0.25, 0.3) is 0 Å². The van der Waals surface area contributed by atoms with Gasteiger partial charge in [0.15, 0.2) is 6.23 Å². The molecule has 148 valence electrons. The van der Waals surface area contributed by atoms with Gasteiger partial charge < -0.3 is 14.6 Å². The van der Waals surface area contributed by atoms with E-state index in [-0.39, 0.29) is 24.3 Å². The molecule has 1 atom stereocenters. The fourth-order valence-corrected chi connectivity index (χ4v) is 3.74. The number of aryl methyl sites for hydroxylation is 1. The molecule has 1 aliphatic heterocycles. The minimum atomic E-state index is -0.472. The second-order valence-corrected chi connectivity index (χ2v) is 6.91. The first-order valence-electron chi connectivity index (χ1n) is 9.25. The molecule has 1 N–H and O–H groups in total. The molecule has 3 aromatic rings. The minimum absolute atomic E-state index is 0.117. The molecule has 3 heterocycles. The van der Waals surface area contributed by atoms with E-state index in [0.717, 1.165) is 24.6 Å². The van der Waals surface area contributed by atoms with E-state index in [9.17, 15) is 5.11 Å². The van der Waals surface area contributed by atoms with E-state index in [1.807, 2.05) is 0 Å². The van der Waals surface area contributed by atoms with Gasteiger partial charge in [0.1, 0.15) is 11.5 Å². The SMILES string of the molecule is C=Cc1nn(C2CCCCO2)c2cc(F)c(-c3c(COC)nn(C)c3O)cc12. The van der Waals surface area contributed by atoms with Crippen LogP contribution in [0.3, 0.4) is 0 Å². The molecule has 28 heavy (non-hydrogen) atoms. The highest BCUT2D eigenvalue weighted by atomic mass is 19.1. The summed E-state index contributed by atoms with van der Waals surface area (Å²) in [6.45, 7) is 4.66. The maximum atomic E-state index is 15.2. The van der Waals surface area contributed by atoms with Crippen LogP contribution in [0.5, 0.6) is 5.88 Å². The Hall–Kier alpha value is -2.71. The van der Waals surface area contributed by atoms with Crippen molar-refractivity contribution in [3.8, 4) is 17.0 Å². The van der Waals surface area contributed by atoms with E-state index in [1.165, 1.54) is 17.9 Å². The third-order valence-corrected chi connectivity index (χ3v) is 5.09. The molecule has 1 fully saturated rings. The second-order valence-electron chi connectivity index (χ2n) is 6.91. The second kappa shape index (κ2) is 7.37. The number of aromatic hydroxyl groups is 1. The first kappa shape index (κ1) is 18.6. The number of fused-ring (bicyclic) bond motifs is 1. The summed E-state index contributed by atoms with van der Waals surface area (Å²) in [5.74, 6) is -0.589. The Balaban J connectivity index is 1.91. The van der Waals surface area contributed by atoms with Crippen molar-refractivity contribution in [2.45, 2.75) is 32.1 Å². The Morgan fingerprint density at radius 2 is 2.21 bits per heavy atom. The van der Waals surface area contributed by atoms with Gasteiger partial charge in [-0.2, -0.15) is 10.2 Å². The van der Waals surface area contributed by atoms with Crippen LogP contribution in [0.15, 0.2) is 18.7 Å². The van der Waals surface area contributed by atoms with Crippen LogP contribution in [0.4, 0.5) is 4.39 Å². The molecule has 1 aliphatic rings. The summed E-state index contributed by atoms with van der Waals surface area (Å²) in [5.41, 5.74) is 2.31. The zero-order valence-corrected chi connectivity index (χ0v) is 16.0. The zero-order chi connectivity index (χ0) is 19.8. The maximum absolute atomic E-state index is 15.2. The smallest absolute Gasteiger partial charge is 0.217 e. The standard InChI is InChI=1S/C20H23FN4O3/c1-4-15-13-9-12(19-16(11-27-3)22-24(2)20(19)26)14(21)10-17(13)25(23-15)18-7-5-6-8-28-18/h4,9-10,18,26H,1,5-8,11H2,2-3H3. The zero-order valence-electron chi connectivity index (χ0n) is 16.0. The molecule has 1 aromatic carbocycles. The lowest BCUT2D eigenvalue weighted by Crippen LogP contribution is -2.19. The molecular weight excluding hydrogens is 363 g/mol. The van der Waals surface area contributed by atoms with E-state index in [0.29, 0.717) is 29.1 Å². The van der Waals surface area contributed by atoms with Crippen molar-refractivity contribution in [2.24, 2.45) is 7.05 Å². The monoisotopic (exact) mass is 386 g/mol. The van der Waals surface area contributed by atoms with Crippen LogP contribution in [-0.2, 0) is 23.1 Å². The van der Waals surface area contributed by atoms with Crippen molar-refractivity contribution in [1.29, 1.82) is 0 Å². The number of aromatic nitrogens is 4. The number of rotatable bonds is 5. The molecular formula is C20H23FN4O3. The summed E-state index contributed by atoms with van der Waals surface area (Å²) in [6.07, 6.45) is 4.32. The normalized spacial score (nSPS) is 17.3. The number of ether oxygens (including phenoxy) is 2. The predicted octanol–water partition coefficient (Wildman–Crippen LogP) is 3.77. The van der Waals surface area contributed by atoms with E-state index in [2.05, 4.69) is 16.8 Å². The lowest BCUT2D eigenvalue weighted by molar-refractivity contribution is -0.0367. The highest BCUT2D eigenvalue weighted by Gasteiger charge is 2.25. The summed E-state index contributed by atoms with van der Waals surface area (Å²) >= 11 is 0. The van der Waals surface area contributed by atoms with Gasteiger partial charge >= 0.3 is 0 Å². The third-order valence-electron chi connectivity index (χ3n) is 5.09. The van der Waals surface area contributed by atoms with Crippen molar-refractivity contribution in [2.75, 3.05) is 13.7 Å². The van der Waals surface area contributed by atoms with Crippen molar-refractivity contribution < 1.29 is 19.0 Å². The van der Waals surface area contributed by atoms with Crippen LogP contribution in [0.25, 0.3) is 28.1 Å². The molecule has 0 bridgehead atoms. The van der Waals surface area contributed by atoms with E-state index < -0.39 is 5.82 Å². The van der Waals surface area contributed by atoms with Crippen LogP contribution < -0.4 is 0 Å². The highest BCUT2D eigenvalue weighted by molar-refractivity contribution is 5.92. The van der Waals surface area contributed by atoms with Gasteiger partial charge in [0.2, 0.25) is 5.88 Å². The molecule has 2 aromatic heterocycles. The van der Waals surface area contributed by atoms with Gasteiger partial charge in [-0.05, 0) is 31.4 Å². The topological polar surface area (TPSA) is 74.3 Å². The summed E-state index contributed by atoms with van der Waals surface area (Å²) in [7, 11) is 3.13. The Labute approximate surface area is 162 Å². The average Bonchev–Trinajstić information content (AvgIpc) is 3.19. The van der Waals surface area contributed by atoms with Gasteiger partial charge in [-0.25, -0.2) is 13.8 Å². The van der Waals surface area contributed by atoms with Crippen LogP contribution in [-0.4, -0.2) is 38.4 Å². The van der Waals surface area contributed by atoms with Crippen LogP contribution in [0, 0.1) is 5.82 Å². The van der Waals surface area contributed by atoms with Gasteiger partial charge in [0.05, 0.1) is 23.4 Å². The summed E-state index contributed by atoms with van der Waals surface area (Å²) in [6, 6.07) is 3.12. The van der Waals surface area contributed by atoms with Gasteiger partial charge in [-0.15, -0.1) is 0 Å². The Kier molecular flexibility index (Phi) is 4.91. The molecule has 1 saturated heterocycles. The lowest BCUT2D eigenvalue weighted by Gasteiger charge is -2.23. The molecule has 0 amide bonds. The van der Waals surface area contributed by atoms with Crippen LogP contribution in [0.1, 0.15) is 36.9 Å². The Morgan fingerprint density at radius 3 is 2.89 bits per heavy atom. The van der Waals surface area contributed by atoms with Crippen molar-refractivity contribution in [1.82, 2.24) is 19.6 Å². The number of hydrogen-bond donors (Lipinski definition) is 1. The van der Waals surface area contributed by atoms with Gasteiger partial charge in [0, 0.05) is 37.8 Å². The minimum Gasteiger partial charge on any atom is -0.493 e. The molecule has 1 unspecified atom stereocenters. The summed E-state index contributed by atoms with van der Waals surface area (Å²) in [4.78, 5) is 0. The average molecular weight is 386 g/mol. The van der Waals surface area contributed by atoms with Gasteiger partial charge in [-0.3, -0.25) is 0 Å². The lowest BCUT2D eigenvalue weighted by atomic mass is 10.0. The summed E-state index contributed by atoms with van der Waals surface area (Å²) < 4.78 is 29.2. The molecule has 8 heteroatoms. The number of nitrogens with zero attached hydrogens (tertiary/aromatic N) is 4. The molecule has 7 nitrogen and oxygen atoms in total. The largest absolute Gasteiger partial charge is 0.493 e. The maximum Gasteiger partial charge on any atom is 0.217 e. The van der Waals surface area contributed by atoms with E-state index in [1.54, 1.807) is 23.9 Å². The van der Waals surface area contributed by atoms with Crippen LogP contribution in [0.2, 0.25) is 0 Å². The number of halogens is 1. The molecule has 0 radical (unpaired) electrons. The van der Waals surface area contributed by atoms with E-state index >= 15 is 4.39 Å². The molecule has 0 saturated carbocycles. The predicted molar refractivity (Wildman–Crippen MR) is 103 cm³/mol. The Bertz CT molecular complexity index is 1030. The first-order valence-corrected chi connectivity index (χ1v) is 9.25. The van der Waals surface area contributed by atoms with Gasteiger partial charge in [-0.1, -0.05) is 6.58 Å². The highest BCUT2D eigenvalue weighted by Crippen LogP contribution is 2.38. The number of benzene rings is 1. The van der Waals surface area contributed by atoms with Crippen molar-refractivity contribution in [3.63, 3.8) is 0 Å². The number of methoxy groups -OCH3 is 1. The first-order chi connectivity index (χ1) is 13.5. The molecule has 0 spiro atoms. The summed E-state index contributed by atoms with van der Waals surface area (Å²) in [5, 5.41) is 20.0. The number of hydrogen-bond acceptors (Lipinski definition) is 5.